The third kappa shape index (κ3) is 4.63. The lowest BCUT2D eigenvalue weighted by Crippen LogP contribution is -2.31. The monoisotopic (exact) mass is 283 g/mol. The molecule has 0 aliphatic carbocycles. The van der Waals surface area contributed by atoms with Crippen molar-refractivity contribution in [1.29, 1.82) is 0 Å². The zero-order valence-corrected chi connectivity index (χ0v) is 12.7. The maximum atomic E-state index is 11.9. The maximum Gasteiger partial charge on any atom is 0.258 e. The van der Waals surface area contributed by atoms with E-state index in [1.54, 1.807) is 0 Å². The molecule has 0 spiro atoms. The molecule has 3 nitrogen and oxygen atoms in total. The number of carbonyl (C=O) groups excluding carboxylic acids is 1. The third-order valence-corrected chi connectivity index (χ3v) is 3.31. The lowest BCUT2D eigenvalue weighted by molar-refractivity contribution is -0.123. The van der Waals surface area contributed by atoms with E-state index >= 15 is 0 Å². The summed E-state index contributed by atoms with van der Waals surface area (Å²) in [5, 5.41) is 2.94. The normalized spacial score (nSPS) is 11.8. The number of carbonyl (C=O) groups is 1. The van der Waals surface area contributed by atoms with Gasteiger partial charge in [-0.2, -0.15) is 0 Å². The Kier molecular flexibility index (Phi) is 4.99. The highest BCUT2D eigenvalue weighted by Gasteiger charge is 2.09. The van der Waals surface area contributed by atoms with Crippen LogP contribution >= 0.6 is 0 Å². The average Bonchev–Trinajstić information content (AvgIpc) is 2.46. The van der Waals surface area contributed by atoms with E-state index in [0.717, 1.165) is 11.1 Å². The Morgan fingerprint density at radius 1 is 1.10 bits per heavy atom. The zero-order chi connectivity index (χ0) is 15.2. The van der Waals surface area contributed by atoms with Crippen LogP contribution in [0.1, 0.15) is 29.7 Å². The summed E-state index contributed by atoms with van der Waals surface area (Å²) in [6.45, 7) is 6.03. The summed E-state index contributed by atoms with van der Waals surface area (Å²) >= 11 is 0. The van der Waals surface area contributed by atoms with Crippen molar-refractivity contribution in [2.75, 3.05) is 6.61 Å². The zero-order valence-electron chi connectivity index (χ0n) is 12.7. The number of aryl methyl sites for hydroxylation is 2. The highest BCUT2D eigenvalue weighted by Crippen LogP contribution is 2.14. The summed E-state index contributed by atoms with van der Waals surface area (Å²) in [7, 11) is 0. The van der Waals surface area contributed by atoms with Crippen LogP contribution in [0.25, 0.3) is 0 Å². The number of nitrogens with one attached hydrogen (secondary N) is 1. The van der Waals surface area contributed by atoms with Crippen LogP contribution in [0.5, 0.6) is 5.75 Å². The van der Waals surface area contributed by atoms with Crippen molar-refractivity contribution in [2.24, 2.45) is 0 Å². The van der Waals surface area contributed by atoms with Gasteiger partial charge in [0.05, 0.1) is 6.04 Å². The second-order valence-electron chi connectivity index (χ2n) is 5.31. The summed E-state index contributed by atoms with van der Waals surface area (Å²) in [6.07, 6.45) is 0. The minimum atomic E-state index is -0.121. The molecular formula is C18H21NO2. The average molecular weight is 283 g/mol. The Morgan fingerprint density at radius 3 is 2.48 bits per heavy atom. The van der Waals surface area contributed by atoms with Gasteiger partial charge in [-0.05, 0) is 44.0 Å². The van der Waals surface area contributed by atoms with E-state index in [9.17, 15) is 4.79 Å². The molecular weight excluding hydrogens is 262 g/mol. The Bertz CT molecular complexity index is 605. The molecule has 0 aliphatic rings. The molecule has 21 heavy (non-hydrogen) atoms. The van der Waals surface area contributed by atoms with Crippen molar-refractivity contribution in [1.82, 2.24) is 5.32 Å². The van der Waals surface area contributed by atoms with Crippen LogP contribution in [-0.4, -0.2) is 12.5 Å². The molecule has 0 radical (unpaired) electrons. The van der Waals surface area contributed by atoms with Gasteiger partial charge in [-0.25, -0.2) is 0 Å². The molecule has 3 heteroatoms. The lowest BCUT2D eigenvalue weighted by Gasteiger charge is -2.15. The molecule has 2 rings (SSSR count). The number of benzene rings is 2. The van der Waals surface area contributed by atoms with E-state index in [0.29, 0.717) is 5.75 Å². The van der Waals surface area contributed by atoms with Crippen molar-refractivity contribution in [2.45, 2.75) is 26.8 Å². The minimum Gasteiger partial charge on any atom is -0.484 e. The number of rotatable bonds is 5. The molecule has 0 bridgehead atoms. The van der Waals surface area contributed by atoms with E-state index in [1.165, 1.54) is 5.56 Å². The topological polar surface area (TPSA) is 38.3 Å². The quantitative estimate of drug-likeness (QED) is 0.911. The standard InChI is InChI=1S/C18H21NO2/c1-13-7-9-16(10-8-13)15(3)19-18(20)12-21-17-6-4-5-14(2)11-17/h4-11,15H,12H2,1-3H3,(H,19,20)/t15-/m1/s1. The maximum absolute atomic E-state index is 11.9. The van der Waals surface area contributed by atoms with E-state index in [4.69, 9.17) is 4.74 Å². The van der Waals surface area contributed by atoms with E-state index in [1.807, 2.05) is 69.3 Å². The van der Waals surface area contributed by atoms with Crippen molar-refractivity contribution in [3.63, 3.8) is 0 Å². The fraction of sp³-hybridized carbons (Fsp3) is 0.278. The molecule has 0 heterocycles. The van der Waals surface area contributed by atoms with Crippen LogP contribution in [0.2, 0.25) is 0 Å². The molecule has 1 atom stereocenters. The first kappa shape index (κ1) is 15.1. The van der Waals surface area contributed by atoms with Crippen LogP contribution in [0, 0.1) is 13.8 Å². The summed E-state index contributed by atoms with van der Waals surface area (Å²) in [5.74, 6) is 0.595. The molecule has 1 amide bonds. The van der Waals surface area contributed by atoms with Gasteiger partial charge in [0, 0.05) is 0 Å². The van der Waals surface area contributed by atoms with Crippen molar-refractivity contribution in [3.8, 4) is 5.75 Å². The molecule has 110 valence electrons. The molecule has 0 fully saturated rings. The number of ether oxygens (including phenoxy) is 1. The number of amides is 1. The molecule has 2 aromatic rings. The minimum absolute atomic E-state index is 0.0274. The number of hydrogen-bond acceptors (Lipinski definition) is 2. The summed E-state index contributed by atoms with van der Waals surface area (Å²) in [6, 6.07) is 15.8. The number of hydrogen-bond donors (Lipinski definition) is 1. The Balaban J connectivity index is 1.85. The molecule has 1 N–H and O–H groups in total. The predicted molar refractivity (Wildman–Crippen MR) is 84.4 cm³/mol. The summed E-state index contributed by atoms with van der Waals surface area (Å²) in [4.78, 5) is 11.9. The first-order valence-corrected chi connectivity index (χ1v) is 7.10. The Morgan fingerprint density at radius 2 is 1.81 bits per heavy atom. The van der Waals surface area contributed by atoms with Gasteiger partial charge >= 0.3 is 0 Å². The summed E-state index contributed by atoms with van der Waals surface area (Å²) in [5.41, 5.74) is 3.41. The van der Waals surface area contributed by atoms with Crippen LogP contribution in [0.4, 0.5) is 0 Å². The molecule has 0 saturated carbocycles. The van der Waals surface area contributed by atoms with Crippen molar-refractivity contribution < 1.29 is 9.53 Å². The highest BCUT2D eigenvalue weighted by atomic mass is 16.5. The molecule has 0 unspecified atom stereocenters. The molecule has 0 aromatic heterocycles. The largest absolute Gasteiger partial charge is 0.484 e. The van der Waals surface area contributed by atoms with Gasteiger partial charge in [-0.1, -0.05) is 42.0 Å². The highest BCUT2D eigenvalue weighted by molar-refractivity contribution is 5.78. The second-order valence-corrected chi connectivity index (χ2v) is 5.31. The van der Waals surface area contributed by atoms with Gasteiger partial charge < -0.3 is 10.1 Å². The van der Waals surface area contributed by atoms with Crippen LogP contribution in [0.3, 0.4) is 0 Å². The predicted octanol–water partition coefficient (Wildman–Crippen LogP) is 3.56. The smallest absolute Gasteiger partial charge is 0.258 e. The van der Waals surface area contributed by atoms with Crippen LogP contribution in [0.15, 0.2) is 48.5 Å². The van der Waals surface area contributed by atoms with Gasteiger partial charge in [0.25, 0.3) is 5.91 Å². The SMILES string of the molecule is Cc1ccc([C@@H](C)NC(=O)COc2cccc(C)c2)cc1. The van der Waals surface area contributed by atoms with Crippen molar-refractivity contribution >= 4 is 5.91 Å². The van der Waals surface area contributed by atoms with Gasteiger partial charge in [0.2, 0.25) is 0 Å². The van der Waals surface area contributed by atoms with Gasteiger partial charge in [-0.3, -0.25) is 4.79 Å². The first-order valence-electron chi connectivity index (χ1n) is 7.10. The summed E-state index contributed by atoms with van der Waals surface area (Å²) < 4.78 is 5.49. The van der Waals surface area contributed by atoms with Crippen molar-refractivity contribution in [3.05, 3.63) is 65.2 Å². The Labute approximate surface area is 126 Å². The van der Waals surface area contributed by atoms with Gasteiger partial charge in [-0.15, -0.1) is 0 Å². The van der Waals surface area contributed by atoms with Gasteiger partial charge in [0.1, 0.15) is 5.75 Å². The molecule has 0 saturated heterocycles. The fourth-order valence-electron chi connectivity index (χ4n) is 2.08. The first-order chi connectivity index (χ1) is 10.0. The van der Waals surface area contributed by atoms with Crippen LogP contribution in [-0.2, 0) is 4.79 Å². The molecule has 2 aromatic carbocycles. The van der Waals surface area contributed by atoms with E-state index in [2.05, 4.69) is 5.32 Å². The lowest BCUT2D eigenvalue weighted by atomic mass is 10.1. The third-order valence-electron chi connectivity index (χ3n) is 3.31. The van der Waals surface area contributed by atoms with E-state index in [-0.39, 0.29) is 18.6 Å². The fourth-order valence-corrected chi connectivity index (χ4v) is 2.08. The van der Waals surface area contributed by atoms with Crippen LogP contribution < -0.4 is 10.1 Å². The Hall–Kier alpha value is -2.29. The second kappa shape index (κ2) is 6.93. The molecule has 0 aliphatic heterocycles. The van der Waals surface area contributed by atoms with Gasteiger partial charge in [0.15, 0.2) is 6.61 Å². The van der Waals surface area contributed by atoms with E-state index < -0.39 is 0 Å².